The number of allylic oxidation sites excluding steroid dienone is 2. The van der Waals surface area contributed by atoms with Gasteiger partial charge < -0.3 is 23.7 Å². The van der Waals surface area contributed by atoms with Gasteiger partial charge in [-0.05, 0) is 61.1 Å². The number of rotatable bonds is 1. The molecule has 0 saturated carbocycles. The summed E-state index contributed by atoms with van der Waals surface area (Å²) in [4.78, 5) is 4.69. The number of hydrogen-bond donors (Lipinski definition) is 0. The number of ether oxygens (including phenoxy) is 5. The predicted octanol–water partition coefficient (Wildman–Crippen LogP) is 6.41. The Morgan fingerprint density at radius 2 is 1.11 bits per heavy atom. The zero-order valence-electron chi connectivity index (χ0n) is 21.0. The molecule has 4 aliphatic heterocycles. The fourth-order valence-electron chi connectivity index (χ4n) is 3.81. The molecule has 0 N–H and O–H groups in total. The van der Waals surface area contributed by atoms with Crippen molar-refractivity contribution in [2.45, 2.75) is 52.1 Å². The molecule has 0 spiro atoms. The molecule has 0 amide bonds. The van der Waals surface area contributed by atoms with Crippen LogP contribution in [0.15, 0.2) is 72.8 Å². The minimum Gasteiger partial charge on any atom is -0.497 e. The number of benzene rings is 2. The molecule has 6 heteroatoms. The maximum absolute atomic E-state index is 5.92. The van der Waals surface area contributed by atoms with Crippen molar-refractivity contribution in [1.82, 2.24) is 4.98 Å². The van der Waals surface area contributed by atoms with Crippen molar-refractivity contribution in [3.05, 3.63) is 95.3 Å². The zero-order chi connectivity index (χ0) is 24.8. The molecule has 6 nitrogen and oxygen atoms in total. The van der Waals surface area contributed by atoms with E-state index in [4.69, 9.17) is 23.7 Å². The van der Waals surface area contributed by atoms with Crippen LogP contribution in [0.5, 0.6) is 17.2 Å². The third-order valence-corrected chi connectivity index (χ3v) is 5.76. The van der Waals surface area contributed by atoms with Crippen LogP contribution in [-0.2, 0) is 35.9 Å². The van der Waals surface area contributed by atoms with Gasteiger partial charge in [-0.3, -0.25) is 4.98 Å². The largest absolute Gasteiger partial charge is 0.497 e. The van der Waals surface area contributed by atoms with Gasteiger partial charge >= 0.3 is 0 Å². The number of methoxy groups -OCH3 is 1. The van der Waals surface area contributed by atoms with E-state index in [-0.39, 0.29) is 0 Å². The molecule has 0 unspecified atom stereocenters. The second-order valence-electron chi connectivity index (χ2n) is 8.72. The first kappa shape index (κ1) is 25.7. The first-order chi connectivity index (χ1) is 17.8. The van der Waals surface area contributed by atoms with E-state index in [2.05, 4.69) is 17.1 Å². The van der Waals surface area contributed by atoms with Crippen molar-refractivity contribution in [2.24, 2.45) is 0 Å². The van der Waals surface area contributed by atoms with Crippen LogP contribution in [0.25, 0.3) is 0 Å². The third-order valence-electron chi connectivity index (χ3n) is 5.76. The molecular formula is C30H35NO5. The topological polar surface area (TPSA) is 59.0 Å². The minimum atomic E-state index is 0.386. The lowest BCUT2D eigenvalue weighted by Crippen LogP contribution is -2.03. The van der Waals surface area contributed by atoms with Crippen molar-refractivity contribution in [3.8, 4) is 17.2 Å². The highest BCUT2D eigenvalue weighted by atomic mass is 16.5. The summed E-state index contributed by atoms with van der Waals surface area (Å²) in [6, 6.07) is 19.9. The molecular weight excluding hydrogens is 454 g/mol. The summed E-state index contributed by atoms with van der Waals surface area (Å²) in [7, 11) is 1.65. The Balaban J connectivity index is 1.39. The normalized spacial score (nSPS) is 16.9. The standard InChI is InChI=1S/C30H35NO5/c1-32-30-18-26-22-33-20-24-8-12-28(13-9-24)35-16-6-4-2-3-5-7-17-36-29-14-10-25(11-15-29)21-34-23-27(19-30)31-26/h2-3,8-15,18-19H,4-7,16-17,20-23H2,1H3/b3-2+. The Morgan fingerprint density at radius 1 is 0.639 bits per heavy atom. The SMILES string of the molecule is COc1cc2nc(c1)COCc1ccc(cc1)OCCC/C=C/CCCOc1ccc(cc1)COC2. The molecule has 0 atom stereocenters. The highest BCUT2D eigenvalue weighted by Gasteiger charge is 2.06. The summed E-state index contributed by atoms with van der Waals surface area (Å²) >= 11 is 0. The molecule has 3 aromatic rings. The fourth-order valence-corrected chi connectivity index (χ4v) is 3.81. The highest BCUT2D eigenvalue weighted by molar-refractivity contribution is 5.29. The maximum atomic E-state index is 5.92. The van der Waals surface area contributed by atoms with E-state index in [1.807, 2.05) is 60.7 Å². The molecule has 190 valence electrons. The average Bonchev–Trinajstić information content (AvgIpc) is 2.91. The van der Waals surface area contributed by atoms with Crippen molar-refractivity contribution < 1.29 is 23.7 Å². The summed E-state index contributed by atoms with van der Waals surface area (Å²) in [6.45, 7) is 3.17. The molecule has 1 aromatic heterocycles. The van der Waals surface area contributed by atoms with Crippen LogP contribution >= 0.6 is 0 Å². The zero-order valence-corrected chi connectivity index (χ0v) is 21.0. The van der Waals surface area contributed by atoms with Crippen LogP contribution in [0.3, 0.4) is 0 Å². The molecule has 36 heavy (non-hydrogen) atoms. The van der Waals surface area contributed by atoms with E-state index in [0.717, 1.165) is 65.4 Å². The van der Waals surface area contributed by atoms with Crippen LogP contribution in [-0.4, -0.2) is 25.3 Å². The van der Waals surface area contributed by atoms with E-state index < -0.39 is 0 Å². The second-order valence-corrected chi connectivity index (χ2v) is 8.72. The molecule has 4 aliphatic rings. The van der Waals surface area contributed by atoms with E-state index in [1.165, 1.54) is 0 Å². The lowest BCUT2D eigenvalue weighted by atomic mass is 10.2. The van der Waals surface area contributed by atoms with Gasteiger partial charge in [-0.15, -0.1) is 0 Å². The lowest BCUT2D eigenvalue weighted by molar-refractivity contribution is 0.0977. The quantitative estimate of drug-likeness (QED) is 0.368. The Morgan fingerprint density at radius 3 is 1.56 bits per heavy atom. The van der Waals surface area contributed by atoms with Crippen molar-refractivity contribution in [1.29, 1.82) is 0 Å². The number of hydrogen-bond acceptors (Lipinski definition) is 6. The van der Waals surface area contributed by atoms with Gasteiger partial charge in [0.1, 0.15) is 17.2 Å². The van der Waals surface area contributed by atoms with Gasteiger partial charge in [-0.1, -0.05) is 36.4 Å². The molecule has 2 aromatic carbocycles. The van der Waals surface area contributed by atoms with Crippen LogP contribution in [0.1, 0.15) is 48.2 Å². The third kappa shape index (κ3) is 8.70. The summed E-state index contributed by atoms with van der Waals surface area (Å²) < 4.78 is 29.0. The maximum Gasteiger partial charge on any atom is 0.122 e. The van der Waals surface area contributed by atoms with Gasteiger partial charge in [0.15, 0.2) is 0 Å². The second kappa shape index (κ2) is 14.3. The molecule has 0 aliphatic carbocycles. The smallest absolute Gasteiger partial charge is 0.122 e. The number of aromatic nitrogens is 1. The Hall–Kier alpha value is -3.35. The summed E-state index contributed by atoms with van der Waals surface area (Å²) in [5.74, 6) is 2.50. The van der Waals surface area contributed by atoms with Crippen LogP contribution in [0, 0.1) is 0 Å². The fraction of sp³-hybridized carbons (Fsp3) is 0.367. The van der Waals surface area contributed by atoms with Crippen molar-refractivity contribution >= 4 is 0 Å². The van der Waals surface area contributed by atoms with E-state index in [1.54, 1.807) is 7.11 Å². The average molecular weight is 490 g/mol. The van der Waals surface area contributed by atoms with Gasteiger partial charge in [0.25, 0.3) is 0 Å². The van der Waals surface area contributed by atoms with Crippen LogP contribution in [0.2, 0.25) is 0 Å². The van der Waals surface area contributed by atoms with Crippen LogP contribution < -0.4 is 14.2 Å². The molecule has 0 saturated heterocycles. The van der Waals surface area contributed by atoms with Gasteiger partial charge in [-0.25, -0.2) is 0 Å². The predicted molar refractivity (Wildman–Crippen MR) is 139 cm³/mol. The Labute approximate surface area is 213 Å². The van der Waals surface area contributed by atoms with E-state index in [0.29, 0.717) is 39.6 Å². The van der Waals surface area contributed by atoms with Crippen molar-refractivity contribution in [2.75, 3.05) is 20.3 Å². The van der Waals surface area contributed by atoms with Gasteiger partial charge in [0, 0.05) is 12.1 Å². The molecule has 6 bridgehead atoms. The first-order valence-electron chi connectivity index (χ1n) is 12.6. The van der Waals surface area contributed by atoms with Crippen LogP contribution in [0.4, 0.5) is 0 Å². The Bertz CT molecular complexity index is 998. The number of nitrogens with zero attached hydrogens (tertiary/aromatic N) is 1. The summed E-state index contributed by atoms with van der Waals surface area (Å²) in [5.41, 5.74) is 3.79. The first-order valence-corrected chi connectivity index (χ1v) is 12.6. The lowest BCUT2D eigenvalue weighted by Gasteiger charge is -2.11. The van der Waals surface area contributed by atoms with Gasteiger partial charge in [-0.2, -0.15) is 0 Å². The minimum absolute atomic E-state index is 0.386. The molecule has 0 fully saturated rings. The molecule has 0 radical (unpaired) electrons. The number of pyridine rings is 1. The molecule has 5 heterocycles. The van der Waals surface area contributed by atoms with E-state index in [9.17, 15) is 0 Å². The van der Waals surface area contributed by atoms with Gasteiger partial charge in [0.05, 0.1) is 58.1 Å². The van der Waals surface area contributed by atoms with Gasteiger partial charge in [0.2, 0.25) is 0 Å². The van der Waals surface area contributed by atoms with E-state index >= 15 is 0 Å². The monoisotopic (exact) mass is 489 g/mol. The van der Waals surface area contributed by atoms with Crippen molar-refractivity contribution in [3.63, 3.8) is 0 Å². The molecule has 7 rings (SSSR count). The highest BCUT2D eigenvalue weighted by Crippen LogP contribution is 2.19. The summed E-state index contributed by atoms with van der Waals surface area (Å²) in [5, 5.41) is 0. The Kier molecular flexibility index (Phi) is 10.2. The summed E-state index contributed by atoms with van der Waals surface area (Å²) in [6.07, 6.45) is 8.45.